The van der Waals surface area contributed by atoms with Gasteiger partial charge in [-0.15, -0.1) is 0 Å². The Bertz CT molecular complexity index is 1670. The van der Waals surface area contributed by atoms with Crippen LogP contribution in [0.3, 0.4) is 0 Å². The number of rotatable bonds is 6. The molecule has 0 saturated carbocycles. The molecule has 0 heterocycles. The standard InChI is InChI=1S/C36H27N/c1-4-10-28(11-5-1)31-16-22-34(23-17-31)37(35-24-18-32(19-25-35)29-12-6-2-7-13-29)36-26-20-33(21-27-36)30-14-8-3-9-15-30/h1-27H/i1T,6T. The van der Waals surface area contributed by atoms with Gasteiger partial charge in [-0.3, -0.25) is 0 Å². The fraction of sp³-hybridized carbons (Fsp3) is 0. The van der Waals surface area contributed by atoms with Gasteiger partial charge in [-0.05, 0) is 69.8 Å². The van der Waals surface area contributed by atoms with Crippen LogP contribution in [0, 0.1) is 0 Å². The normalized spacial score (nSPS) is 11.5. The smallest absolute Gasteiger partial charge is 0.0623 e. The molecule has 37 heavy (non-hydrogen) atoms. The number of benzene rings is 6. The van der Waals surface area contributed by atoms with Gasteiger partial charge in [0, 0.05) is 17.1 Å². The van der Waals surface area contributed by atoms with Crippen LogP contribution in [0.4, 0.5) is 17.1 Å². The minimum Gasteiger partial charge on any atom is -0.311 e. The van der Waals surface area contributed by atoms with E-state index in [1.165, 1.54) is 11.1 Å². The second-order valence-corrected chi connectivity index (χ2v) is 8.92. The summed E-state index contributed by atoms with van der Waals surface area (Å²) in [6, 6.07) is 52.4. The van der Waals surface area contributed by atoms with Crippen LogP contribution in [0.1, 0.15) is 2.74 Å². The summed E-state index contributed by atoms with van der Waals surface area (Å²) in [5.74, 6) is 0. The molecule has 0 saturated heterocycles. The van der Waals surface area contributed by atoms with E-state index in [2.05, 4.69) is 102 Å². The highest BCUT2D eigenvalue weighted by molar-refractivity contribution is 5.81. The van der Waals surface area contributed by atoms with Crippen molar-refractivity contribution in [1.29, 1.82) is 0 Å². The monoisotopic (exact) mass is 477 g/mol. The summed E-state index contributed by atoms with van der Waals surface area (Å²) in [6.07, 6.45) is 0. The van der Waals surface area contributed by atoms with E-state index in [0.29, 0.717) is 12.1 Å². The van der Waals surface area contributed by atoms with Gasteiger partial charge in [0.25, 0.3) is 0 Å². The lowest BCUT2D eigenvalue weighted by Crippen LogP contribution is -2.09. The van der Waals surface area contributed by atoms with Crippen molar-refractivity contribution >= 4 is 17.1 Å². The van der Waals surface area contributed by atoms with Crippen LogP contribution < -0.4 is 4.90 Å². The Labute approximate surface area is 221 Å². The molecule has 0 atom stereocenters. The third kappa shape index (κ3) is 4.94. The maximum Gasteiger partial charge on any atom is 0.0623 e. The summed E-state index contributed by atoms with van der Waals surface area (Å²) >= 11 is 0. The van der Waals surface area contributed by atoms with Crippen LogP contribution in [0.2, 0.25) is 0 Å². The molecule has 0 fully saturated rings. The molecule has 1 nitrogen and oxygen atoms in total. The summed E-state index contributed by atoms with van der Waals surface area (Å²) in [5.41, 5.74) is 9.89. The molecule has 0 amide bonds. The van der Waals surface area contributed by atoms with Crippen LogP contribution in [-0.4, -0.2) is 0 Å². The van der Waals surface area contributed by atoms with E-state index in [0.717, 1.165) is 39.3 Å². The molecule has 0 spiro atoms. The molecule has 0 aliphatic rings. The highest BCUT2D eigenvalue weighted by Gasteiger charge is 2.13. The lowest BCUT2D eigenvalue weighted by Gasteiger charge is -2.26. The summed E-state index contributed by atoms with van der Waals surface area (Å²) < 4.78 is 15.7. The molecule has 0 N–H and O–H groups in total. The third-order valence-electron chi connectivity index (χ3n) is 6.58. The minimum absolute atomic E-state index is 0.508. The molecule has 0 unspecified atom stereocenters. The molecule has 0 aliphatic heterocycles. The predicted molar refractivity (Wildman–Crippen MR) is 157 cm³/mol. The van der Waals surface area contributed by atoms with Crippen LogP contribution in [0.5, 0.6) is 0 Å². The summed E-state index contributed by atoms with van der Waals surface area (Å²) in [6.45, 7) is 0. The summed E-state index contributed by atoms with van der Waals surface area (Å²) in [5, 5.41) is 0. The molecule has 0 radical (unpaired) electrons. The molecule has 0 bridgehead atoms. The molecule has 6 aromatic carbocycles. The van der Waals surface area contributed by atoms with E-state index in [1.54, 1.807) is 6.07 Å². The van der Waals surface area contributed by atoms with Crippen LogP contribution in [0.15, 0.2) is 164 Å². The highest BCUT2D eigenvalue weighted by Crippen LogP contribution is 2.37. The van der Waals surface area contributed by atoms with Gasteiger partial charge in [0.15, 0.2) is 0 Å². The van der Waals surface area contributed by atoms with Crippen LogP contribution >= 0.6 is 0 Å². The molecular formula is C36H27N. The van der Waals surface area contributed by atoms with Gasteiger partial charge < -0.3 is 4.90 Å². The fourth-order valence-electron chi connectivity index (χ4n) is 4.64. The zero-order valence-electron chi connectivity index (χ0n) is 22.4. The van der Waals surface area contributed by atoms with Crippen LogP contribution in [-0.2, 0) is 0 Å². The van der Waals surface area contributed by atoms with Gasteiger partial charge in [-0.25, -0.2) is 0 Å². The van der Waals surface area contributed by atoms with Gasteiger partial charge >= 0.3 is 0 Å². The van der Waals surface area contributed by atoms with Crippen molar-refractivity contribution < 1.29 is 2.74 Å². The van der Waals surface area contributed by atoms with Crippen molar-refractivity contribution in [2.24, 2.45) is 0 Å². The van der Waals surface area contributed by atoms with Gasteiger partial charge in [0.1, 0.15) is 0 Å². The Morgan fingerprint density at radius 1 is 0.297 bits per heavy atom. The van der Waals surface area contributed by atoms with Gasteiger partial charge in [-0.1, -0.05) is 127 Å². The number of hydrogen-bond acceptors (Lipinski definition) is 1. The second-order valence-electron chi connectivity index (χ2n) is 8.92. The number of hydrogen-bond donors (Lipinski definition) is 0. The lowest BCUT2D eigenvalue weighted by molar-refractivity contribution is 1.28. The Morgan fingerprint density at radius 3 is 1.08 bits per heavy atom. The first-order chi connectivity index (χ1) is 19.1. The van der Waals surface area contributed by atoms with E-state index >= 15 is 0 Å². The quantitative estimate of drug-likeness (QED) is 0.231. The van der Waals surface area contributed by atoms with Crippen molar-refractivity contribution in [3.05, 3.63) is 164 Å². The highest BCUT2D eigenvalue weighted by atomic mass is 15.1. The van der Waals surface area contributed by atoms with Crippen molar-refractivity contribution in [2.45, 2.75) is 0 Å². The topological polar surface area (TPSA) is 3.24 Å². The summed E-state index contributed by atoms with van der Waals surface area (Å²) in [7, 11) is 0. The van der Waals surface area contributed by atoms with Crippen molar-refractivity contribution in [1.82, 2.24) is 0 Å². The average Bonchev–Trinajstić information content (AvgIpc) is 2.99. The van der Waals surface area contributed by atoms with Gasteiger partial charge in [0.05, 0.1) is 2.74 Å². The molecule has 6 aromatic rings. The predicted octanol–water partition coefficient (Wildman–Crippen LogP) is 10.2. The lowest BCUT2D eigenvalue weighted by atomic mass is 10.0. The van der Waals surface area contributed by atoms with Crippen molar-refractivity contribution in [3.63, 3.8) is 0 Å². The number of nitrogens with zero attached hydrogens (tertiary/aromatic N) is 1. The minimum atomic E-state index is 0.508. The zero-order valence-corrected chi connectivity index (χ0v) is 20.4. The van der Waals surface area contributed by atoms with E-state index in [-0.39, 0.29) is 0 Å². The second kappa shape index (κ2) is 10.4. The SMILES string of the molecule is [3H]c1ccc(-c2ccc(N(c3ccc(-c4ccccc4)cc3)c3ccc(-c4cccc([3H])c4)cc3)cc2)cc1. The third-order valence-corrected chi connectivity index (χ3v) is 6.58. The van der Waals surface area contributed by atoms with E-state index in [1.807, 2.05) is 48.5 Å². The van der Waals surface area contributed by atoms with Crippen LogP contribution in [0.25, 0.3) is 33.4 Å². The van der Waals surface area contributed by atoms with E-state index in [9.17, 15) is 0 Å². The molecule has 1 heteroatoms. The molecule has 6 rings (SSSR count). The Hall–Kier alpha value is -4.88. The first kappa shape index (κ1) is 20.3. The molecule has 0 aromatic heterocycles. The Balaban J connectivity index is 1.38. The molecular weight excluding hydrogens is 446 g/mol. The maximum absolute atomic E-state index is 7.97. The first-order valence-corrected chi connectivity index (χ1v) is 12.4. The largest absolute Gasteiger partial charge is 0.311 e. The Kier molecular flexibility index (Phi) is 5.71. The maximum atomic E-state index is 7.97. The van der Waals surface area contributed by atoms with Gasteiger partial charge in [0.2, 0.25) is 0 Å². The van der Waals surface area contributed by atoms with Gasteiger partial charge in [-0.2, -0.15) is 0 Å². The summed E-state index contributed by atoms with van der Waals surface area (Å²) in [4.78, 5) is 2.26. The van der Waals surface area contributed by atoms with E-state index in [4.69, 9.17) is 2.74 Å². The number of anilines is 3. The van der Waals surface area contributed by atoms with E-state index < -0.39 is 0 Å². The van der Waals surface area contributed by atoms with Crippen molar-refractivity contribution in [2.75, 3.05) is 4.90 Å². The Morgan fingerprint density at radius 2 is 0.649 bits per heavy atom. The fourth-order valence-corrected chi connectivity index (χ4v) is 4.64. The molecule has 176 valence electrons. The molecule has 0 aliphatic carbocycles. The zero-order chi connectivity index (χ0) is 26.6. The van der Waals surface area contributed by atoms with Crippen molar-refractivity contribution in [3.8, 4) is 33.4 Å². The average molecular weight is 478 g/mol. The first-order valence-electron chi connectivity index (χ1n) is 13.4.